The maximum atomic E-state index is 11.2. The van der Waals surface area contributed by atoms with Gasteiger partial charge in [0.15, 0.2) is 0 Å². The molecule has 0 radical (unpaired) electrons. The van der Waals surface area contributed by atoms with Crippen molar-refractivity contribution in [2.45, 2.75) is 45.4 Å². The first kappa shape index (κ1) is 19.4. The summed E-state index contributed by atoms with van der Waals surface area (Å²) in [6.45, 7) is 6.58. The second-order valence-electron chi connectivity index (χ2n) is 7.65. The van der Waals surface area contributed by atoms with Gasteiger partial charge in [0.1, 0.15) is 5.75 Å². The van der Waals surface area contributed by atoms with E-state index in [0.29, 0.717) is 17.4 Å². The second kappa shape index (κ2) is 9.00. The first-order valence-corrected chi connectivity index (χ1v) is 9.81. The summed E-state index contributed by atoms with van der Waals surface area (Å²) in [6.07, 6.45) is 6.05. The Kier molecular flexibility index (Phi) is 6.45. The number of aromatic nitrogens is 1. The third-order valence-corrected chi connectivity index (χ3v) is 5.11. The van der Waals surface area contributed by atoms with Gasteiger partial charge in [-0.15, -0.1) is 0 Å². The Morgan fingerprint density at radius 1 is 1.33 bits per heavy atom. The Hall–Kier alpha value is -2.40. The summed E-state index contributed by atoms with van der Waals surface area (Å²) >= 11 is 0. The van der Waals surface area contributed by atoms with Crippen LogP contribution >= 0.6 is 0 Å². The number of rotatable bonds is 8. The van der Waals surface area contributed by atoms with E-state index >= 15 is 0 Å². The molecule has 5 nitrogen and oxygen atoms in total. The van der Waals surface area contributed by atoms with Crippen LogP contribution in [0, 0.1) is 5.92 Å². The number of nitrogens with one attached hydrogen (secondary N) is 1. The summed E-state index contributed by atoms with van der Waals surface area (Å²) in [6, 6.07) is 9.60. The van der Waals surface area contributed by atoms with Crippen LogP contribution < -0.4 is 15.8 Å². The minimum absolute atomic E-state index is 0.380. The van der Waals surface area contributed by atoms with Crippen molar-refractivity contribution in [2.24, 2.45) is 11.7 Å². The molecule has 1 aliphatic rings. The van der Waals surface area contributed by atoms with Crippen molar-refractivity contribution in [3.63, 3.8) is 0 Å². The van der Waals surface area contributed by atoms with Crippen LogP contribution in [0.3, 0.4) is 0 Å². The summed E-state index contributed by atoms with van der Waals surface area (Å²) in [7, 11) is 0. The van der Waals surface area contributed by atoms with Gasteiger partial charge in [-0.25, -0.2) is 4.98 Å². The van der Waals surface area contributed by atoms with Crippen LogP contribution in [0.5, 0.6) is 11.6 Å². The third kappa shape index (κ3) is 5.07. The Morgan fingerprint density at radius 2 is 2.19 bits per heavy atom. The maximum absolute atomic E-state index is 11.2. The molecule has 2 aromatic rings. The topological polar surface area (TPSA) is 77.2 Å². The van der Waals surface area contributed by atoms with Gasteiger partial charge in [-0.1, -0.05) is 26.0 Å². The highest BCUT2D eigenvalue weighted by atomic mass is 16.5. The normalized spacial score (nSPS) is 16.2. The zero-order valence-corrected chi connectivity index (χ0v) is 16.2. The van der Waals surface area contributed by atoms with Crippen LogP contribution in [-0.2, 0) is 6.42 Å². The molecule has 3 N–H and O–H groups in total. The van der Waals surface area contributed by atoms with E-state index in [1.807, 2.05) is 6.07 Å². The Balaban J connectivity index is 1.71. The molecule has 1 atom stereocenters. The lowest BCUT2D eigenvalue weighted by atomic mass is 9.82. The lowest BCUT2D eigenvalue weighted by Gasteiger charge is -2.27. The van der Waals surface area contributed by atoms with Crippen molar-refractivity contribution < 1.29 is 9.53 Å². The molecule has 27 heavy (non-hydrogen) atoms. The number of nitrogens with zero attached hydrogens (tertiary/aromatic N) is 1. The largest absolute Gasteiger partial charge is 0.439 e. The highest BCUT2D eigenvalue weighted by molar-refractivity contribution is 5.92. The molecule has 144 valence electrons. The number of amides is 1. The molecule has 0 aliphatic heterocycles. The molecule has 1 amide bonds. The van der Waals surface area contributed by atoms with Gasteiger partial charge in [-0.2, -0.15) is 0 Å². The second-order valence-corrected chi connectivity index (χ2v) is 7.65. The van der Waals surface area contributed by atoms with Gasteiger partial charge in [0.25, 0.3) is 0 Å². The summed E-state index contributed by atoms with van der Waals surface area (Å²) in [5.74, 6) is 2.10. The van der Waals surface area contributed by atoms with Crippen molar-refractivity contribution >= 4 is 5.91 Å². The minimum atomic E-state index is -0.487. The van der Waals surface area contributed by atoms with Gasteiger partial charge in [-0.05, 0) is 67.3 Å². The van der Waals surface area contributed by atoms with E-state index in [1.54, 1.807) is 12.1 Å². The lowest BCUT2D eigenvalue weighted by molar-refractivity contribution is 0.1000. The summed E-state index contributed by atoms with van der Waals surface area (Å²) < 4.78 is 6.03. The van der Waals surface area contributed by atoms with Crippen LogP contribution in [0.25, 0.3) is 0 Å². The Bertz CT molecular complexity index is 772. The number of carbonyl (C=O) groups excluding carboxylic acids is 1. The molecular weight excluding hydrogens is 338 g/mol. The number of hydrogen-bond donors (Lipinski definition) is 2. The molecule has 3 rings (SSSR count). The molecule has 0 saturated carbocycles. The van der Waals surface area contributed by atoms with Crippen molar-refractivity contribution in [2.75, 3.05) is 13.1 Å². The highest BCUT2D eigenvalue weighted by Gasteiger charge is 2.23. The smallest absolute Gasteiger partial charge is 0.250 e. The third-order valence-electron chi connectivity index (χ3n) is 5.11. The molecular formula is C22H29N3O2. The Morgan fingerprint density at radius 3 is 2.89 bits per heavy atom. The highest BCUT2D eigenvalue weighted by Crippen LogP contribution is 2.37. The number of ether oxygens (including phenoxy) is 1. The zero-order chi connectivity index (χ0) is 19.2. The predicted octanol–water partition coefficient (Wildman–Crippen LogP) is 4.03. The zero-order valence-electron chi connectivity index (χ0n) is 16.2. The van der Waals surface area contributed by atoms with Crippen LogP contribution in [0.4, 0.5) is 0 Å². The number of benzene rings is 1. The minimum Gasteiger partial charge on any atom is -0.439 e. The molecule has 0 saturated heterocycles. The molecule has 0 fully saturated rings. The first-order valence-electron chi connectivity index (χ1n) is 9.81. The van der Waals surface area contributed by atoms with Crippen LogP contribution in [0.15, 0.2) is 36.5 Å². The monoisotopic (exact) mass is 367 g/mol. The van der Waals surface area contributed by atoms with E-state index in [-0.39, 0.29) is 0 Å². The van der Waals surface area contributed by atoms with E-state index < -0.39 is 5.91 Å². The molecule has 1 unspecified atom stereocenters. The van der Waals surface area contributed by atoms with Gasteiger partial charge in [0, 0.05) is 18.8 Å². The van der Waals surface area contributed by atoms with E-state index in [2.05, 4.69) is 36.3 Å². The fourth-order valence-electron chi connectivity index (χ4n) is 3.59. The number of pyridine rings is 1. The molecule has 1 aliphatic carbocycles. The fraction of sp³-hybridized carbons (Fsp3) is 0.455. The van der Waals surface area contributed by atoms with E-state index in [0.717, 1.165) is 37.6 Å². The number of carbonyl (C=O) groups is 1. The first-order chi connectivity index (χ1) is 13.0. The van der Waals surface area contributed by atoms with Crippen molar-refractivity contribution in [1.82, 2.24) is 10.3 Å². The average Bonchev–Trinajstić information content (AvgIpc) is 2.66. The van der Waals surface area contributed by atoms with Crippen molar-refractivity contribution in [3.8, 4) is 11.6 Å². The van der Waals surface area contributed by atoms with Gasteiger partial charge < -0.3 is 15.8 Å². The summed E-state index contributed by atoms with van der Waals surface area (Å²) in [4.78, 5) is 15.4. The average molecular weight is 367 g/mol. The Labute approximate surface area is 161 Å². The molecule has 5 heteroatoms. The van der Waals surface area contributed by atoms with Crippen molar-refractivity contribution in [1.29, 1.82) is 0 Å². The van der Waals surface area contributed by atoms with E-state index in [1.165, 1.54) is 30.2 Å². The summed E-state index contributed by atoms with van der Waals surface area (Å²) in [5, 5.41) is 3.62. The van der Waals surface area contributed by atoms with Crippen LogP contribution in [-0.4, -0.2) is 24.0 Å². The van der Waals surface area contributed by atoms with Gasteiger partial charge in [0.2, 0.25) is 11.8 Å². The van der Waals surface area contributed by atoms with E-state index in [9.17, 15) is 4.79 Å². The SMILES string of the molecule is CC(C)CCNCC1CCCc2c(Oc3ccc(C(N)=O)cn3)cccc21. The van der Waals surface area contributed by atoms with Crippen LogP contribution in [0.1, 0.15) is 60.5 Å². The predicted molar refractivity (Wildman–Crippen MR) is 107 cm³/mol. The van der Waals surface area contributed by atoms with Gasteiger partial charge >= 0.3 is 0 Å². The molecule has 1 aromatic heterocycles. The number of fused-ring (bicyclic) bond motifs is 1. The molecule has 0 bridgehead atoms. The standard InChI is InChI=1S/C22H29N3O2/c1-15(2)11-12-24-13-16-5-3-7-19-18(16)6-4-8-20(19)27-21-10-9-17(14-25-21)22(23)26/h4,6,8-10,14-16,24H,3,5,7,11-13H2,1-2H3,(H2,23,26). The molecule has 1 aromatic carbocycles. The number of primary amides is 1. The lowest BCUT2D eigenvalue weighted by Crippen LogP contribution is -2.26. The maximum Gasteiger partial charge on any atom is 0.250 e. The van der Waals surface area contributed by atoms with Crippen molar-refractivity contribution in [3.05, 3.63) is 53.2 Å². The molecule has 1 heterocycles. The number of hydrogen-bond acceptors (Lipinski definition) is 4. The van der Waals surface area contributed by atoms with Gasteiger partial charge in [-0.3, -0.25) is 4.79 Å². The number of nitrogens with two attached hydrogens (primary N) is 1. The van der Waals surface area contributed by atoms with Crippen LogP contribution in [0.2, 0.25) is 0 Å². The fourth-order valence-corrected chi connectivity index (χ4v) is 3.59. The summed E-state index contributed by atoms with van der Waals surface area (Å²) in [5.41, 5.74) is 8.30. The van der Waals surface area contributed by atoms with Gasteiger partial charge in [0.05, 0.1) is 5.56 Å². The van der Waals surface area contributed by atoms with E-state index in [4.69, 9.17) is 10.5 Å². The quantitative estimate of drug-likeness (QED) is 0.691. The molecule has 0 spiro atoms.